The predicted octanol–water partition coefficient (Wildman–Crippen LogP) is 1.28. The second kappa shape index (κ2) is 4.94. The zero-order valence-corrected chi connectivity index (χ0v) is 8.48. The molecule has 0 radical (unpaired) electrons. The molecule has 0 N–H and O–H groups in total. The summed E-state index contributed by atoms with van der Waals surface area (Å²) >= 11 is 0. The maximum atomic E-state index is 11.8. The molecule has 14 heavy (non-hydrogen) atoms. The lowest BCUT2D eigenvalue weighted by atomic mass is 10.3. The predicted molar refractivity (Wildman–Crippen MR) is 42.0 cm³/mol. The largest absolute Gasteiger partial charge is 0.523 e. The van der Waals surface area contributed by atoms with Gasteiger partial charge in [-0.2, -0.15) is 21.6 Å². The molecule has 0 amide bonds. The zero-order chi connectivity index (χ0) is 11.4. The molecule has 0 fully saturated rings. The Balaban J connectivity index is 4.49. The highest BCUT2D eigenvalue weighted by Gasteiger charge is 2.48. The average Bonchev–Trinajstić information content (AvgIpc) is 2.01. The quantitative estimate of drug-likeness (QED) is 0.533. The van der Waals surface area contributed by atoms with Crippen LogP contribution in [0, 0.1) is 0 Å². The van der Waals surface area contributed by atoms with Crippen LogP contribution in [0.25, 0.3) is 0 Å². The van der Waals surface area contributed by atoms with Crippen molar-refractivity contribution in [2.24, 2.45) is 0 Å². The highest BCUT2D eigenvalue weighted by Crippen LogP contribution is 2.26. The summed E-state index contributed by atoms with van der Waals surface area (Å²) < 4.78 is 64.8. The van der Waals surface area contributed by atoms with Gasteiger partial charge in [-0.25, -0.2) is 0 Å². The number of halogens is 3. The average molecular weight is 236 g/mol. The molecule has 0 aliphatic carbocycles. The van der Waals surface area contributed by atoms with Crippen LogP contribution in [0.1, 0.15) is 13.3 Å². The maximum absolute atomic E-state index is 11.8. The van der Waals surface area contributed by atoms with E-state index in [0.717, 1.165) is 0 Å². The molecule has 0 spiro atoms. The van der Waals surface area contributed by atoms with Gasteiger partial charge < -0.3 is 4.74 Å². The molecular formula is C6H11F3O4S. The van der Waals surface area contributed by atoms with Gasteiger partial charge in [0.1, 0.15) is 6.10 Å². The molecule has 0 bridgehead atoms. The van der Waals surface area contributed by atoms with Crippen molar-refractivity contribution < 1.29 is 30.5 Å². The molecule has 0 saturated heterocycles. The fourth-order valence-corrected chi connectivity index (χ4v) is 1.29. The number of ether oxygens (including phenoxy) is 1. The smallest absolute Gasteiger partial charge is 0.382 e. The van der Waals surface area contributed by atoms with E-state index >= 15 is 0 Å². The maximum Gasteiger partial charge on any atom is 0.523 e. The lowest BCUT2D eigenvalue weighted by Gasteiger charge is -2.15. The highest BCUT2D eigenvalue weighted by molar-refractivity contribution is 7.87. The lowest BCUT2D eigenvalue weighted by molar-refractivity contribution is -0.0600. The van der Waals surface area contributed by atoms with E-state index in [1.54, 1.807) is 0 Å². The second-order valence-corrected chi connectivity index (χ2v) is 4.05. The molecule has 4 nitrogen and oxygen atoms in total. The van der Waals surface area contributed by atoms with E-state index in [1.807, 2.05) is 0 Å². The zero-order valence-electron chi connectivity index (χ0n) is 7.67. The summed E-state index contributed by atoms with van der Waals surface area (Å²) in [7, 11) is -4.27. The Hall–Kier alpha value is -0.340. The van der Waals surface area contributed by atoms with E-state index in [2.05, 4.69) is 8.92 Å². The Morgan fingerprint density at radius 3 is 2.14 bits per heavy atom. The molecule has 0 aliphatic rings. The van der Waals surface area contributed by atoms with Gasteiger partial charge in [-0.1, -0.05) is 6.92 Å². The van der Waals surface area contributed by atoms with Crippen LogP contribution in [0.4, 0.5) is 13.2 Å². The van der Waals surface area contributed by atoms with E-state index in [4.69, 9.17) is 0 Å². The standard InChI is InChI=1S/C6H11F3O4S/c1-3-5(4-12-2)13-14(10,11)6(7,8)9/h5H,3-4H2,1-2H3. The van der Waals surface area contributed by atoms with Gasteiger partial charge in [0.15, 0.2) is 0 Å². The van der Waals surface area contributed by atoms with Gasteiger partial charge in [0.05, 0.1) is 6.61 Å². The number of methoxy groups -OCH3 is 1. The van der Waals surface area contributed by atoms with Gasteiger partial charge in [0, 0.05) is 7.11 Å². The van der Waals surface area contributed by atoms with Gasteiger partial charge in [0.2, 0.25) is 0 Å². The summed E-state index contributed by atoms with van der Waals surface area (Å²) in [6.45, 7) is 1.29. The summed E-state index contributed by atoms with van der Waals surface area (Å²) in [5.41, 5.74) is -5.38. The molecule has 8 heteroatoms. The molecule has 0 heterocycles. The van der Waals surface area contributed by atoms with E-state index in [-0.39, 0.29) is 13.0 Å². The summed E-state index contributed by atoms with van der Waals surface area (Å²) in [6.07, 6.45) is -0.991. The molecular weight excluding hydrogens is 225 g/mol. The fraction of sp³-hybridized carbons (Fsp3) is 1.00. The van der Waals surface area contributed by atoms with E-state index in [1.165, 1.54) is 14.0 Å². The van der Waals surface area contributed by atoms with E-state index in [9.17, 15) is 21.6 Å². The SMILES string of the molecule is CCC(COC)OS(=O)(=O)C(F)(F)F. The fourth-order valence-electron chi connectivity index (χ4n) is 0.633. The topological polar surface area (TPSA) is 52.6 Å². The molecule has 0 saturated carbocycles. The first-order valence-electron chi connectivity index (χ1n) is 3.73. The van der Waals surface area contributed by atoms with Gasteiger partial charge in [-0.05, 0) is 6.42 Å². The molecule has 0 aromatic heterocycles. The Labute approximate surface area is 80.1 Å². The van der Waals surface area contributed by atoms with Gasteiger partial charge in [0.25, 0.3) is 0 Å². The van der Waals surface area contributed by atoms with Crippen molar-refractivity contribution in [1.82, 2.24) is 0 Å². The van der Waals surface area contributed by atoms with Gasteiger partial charge in [-0.15, -0.1) is 0 Å². The molecule has 0 aromatic carbocycles. The molecule has 86 valence electrons. The van der Waals surface area contributed by atoms with Crippen LogP contribution in [0.2, 0.25) is 0 Å². The first-order valence-corrected chi connectivity index (χ1v) is 5.14. The molecule has 0 rings (SSSR count). The van der Waals surface area contributed by atoms with Crippen LogP contribution in [0.5, 0.6) is 0 Å². The van der Waals surface area contributed by atoms with Crippen molar-refractivity contribution in [2.75, 3.05) is 13.7 Å². The Morgan fingerprint density at radius 1 is 1.36 bits per heavy atom. The van der Waals surface area contributed by atoms with E-state index < -0.39 is 21.7 Å². The van der Waals surface area contributed by atoms with Crippen molar-refractivity contribution in [1.29, 1.82) is 0 Å². The van der Waals surface area contributed by atoms with Crippen molar-refractivity contribution >= 4 is 10.1 Å². The Morgan fingerprint density at radius 2 is 1.86 bits per heavy atom. The number of hydrogen-bond acceptors (Lipinski definition) is 4. The van der Waals surface area contributed by atoms with E-state index in [0.29, 0.717) is 0 Å². The number of hydrogen-bond donors (Lipinski definition) is 0. The summed E-state index contributed by atoms with van der Waals surface area (Å²) in [5, 5.41) is 0. The van der Waals surface area contributed by atoms with Crippen LogP contribution < -0.4 is 0 Å². The van der Waals surface area contributed by atoms with Crippen LogP contribution in [0.3, 0.4) is 0 Å². The highest BCUT2D eigenvalue weighted by atomic mass is 32.2. The number of rotatable bonds is 5. The third-order valence-corrected chi connectivity index (χ3v) is 2.45. The third kappa shape index (κ3) is 3.81. The van der Waals surface area contributed by atoms with Crippen LogP contribution >= 0.6 is 0 Å². The Bertz CT molecular complexity index is 259. The van der Waals surface area contributed by atoms with Gasteiger partial charge >= 0.3 is 15.6 Å². The first kappa shape index (κ1) is 13.7. The summed E-state index contributed by atoms with van der Waals surface area (Å²) in [4.78, 5) is 0. The van der Waals surface area contributed by atoms with Crippen LogP contribution in [-0.4, -0.2) is 33.7 Å². The molecule has 0 aliphatic heterocycles. The third-order valence-electron chi connectivity index (χ3n) is 1.35. The normalized spacial score (nSPS) is 15.5. The molecule has 0 aromatic rings. The van der Waals surface area contributed by atoms with Crippen LogP contribution in [0.15, 0.2) is 0 Å². The monoisotopic (exact) mass is 236 g/mol. The first-order chi connectivity index (χ1) is 6.24. The molecule has 1 unspecified atom stereocenters. The summed E-state index contributed by atoms with van der Waals surface area (Å²) in [6, 6.07) is 0. The van der Waals surface area contributed by atoms with Crippen molar-refractivity contribution in [3.8, 4) is 0 Å². The van der Waals surface area contributed by atoms with Crippen molar-refractivity contribution in [2.45, 2.75) is 25.0 Å². The second-order valence-electron chi connectivity index (χ2n) is 2.48. The minimum atomic E-state index is -5.51. The number of alkyl halides is 3. The Kier molecular flexibility index (Phi) is 4.82. The lowest BCUT2D eigenvalue weighted by Crippen LogP contribution is -2.31. The summed E-state index contributed by atoms with van der Waals surface area (Å²) in [5.74, 6) is 0. The van der Waals surface area contributed by atoms with Crippen LogP contribution in [-0.2, 0) is 19.0 Å². The van der Waals surface area contributed by atoms with Crippen molar-refractivity contribution in [3.05, 3.63) is 0 Å². The van der Waals surface area contributed by atoms with Gasteiger partial charge in [-0.3, -0.25) is 4.18 Å². The van der Waals surface area contributed by atoms with Crippen molar-refractivity contribution in [3.63, 3.8) is 0 Å². The minimum absolute atomic E-state index is 0.114. The molecule has 1 atom stereocenters. The minimum Gasteiger partial charge on any atom is -0.382 e.